The predicted octanol–water partition coefficient (Wildman–Crippen LogP) is 7.60. The number of sulfone groups is 1. The molecule has 0 unspecified atom stereocenters. The molecule has 13 heteroatoms. The van der Waals surface area contributed by atoms with Crippen LogP contribution in [0.15, 0.2) is 102 Å². The standard InChI is InChI=1S/C37H41ClN8O3S/c1-25(2)50(48,49)34-12-8-7-11-33(34)43-35-32(38)23-39-36(44-35)42-29-15-19-31(20-16-29)46(37(47)40-21-26-9-5-4-6-10-26)30-17-13-27(14-18-30)28-22-41-45(3)24-28/h4-14,17-18,22-25,29,31H,15-16,19-21H2,1-3H3,(H,40,47)(H2,39,42,43,44)/t29-,31-. The molecule has 3 N–H and O–H groups in total. The molecule has 50 heavy (non-hydrogen) atoms. The minimum atomic E-state index is -3.54. The first-order chi connectivity index (χ1) is 24.1. The molecule has 3 aromatic carbocycles. The molecule has 11 nitrogen and oxygen atoms in total. The van der Waals surface area contributed by atoms with Crippen LogP contribution in [0.25, 0.3) is 11.1 Å². The van der Waals surface area contributed by atoms with Gasteiger partial charge in [0.1, 0.15) is 5.02 Å². The summed E-state index contributed by atoms with van der Waals surface area (Å²) in [6.07, 6.45) is 8.38. The SMILES string of the molecule is CC(C)S(=O)(=O)c1ccccc1Nc1nc(N[C@H]2CC[C@H](N(C(=O)NCc3ccccc3)c3ccc(-c4cnn(C)c4)cc3)CC2)ncc1Cl. The summed E-state index contributed by atoms with van der Waals surface area (Å²) in [5.74, 6) is 0.688. The Labute approximate surface area is 298 Å². The van der Waals surface area contributed by atoms with E-state index in [9.17, 15) is 13.2 Å². The van der Waals surface area contributed by atoms with Gasteiger partial charge in [0, 0.05) is 43.1 Å². The molecule has 0 bridgehead atoms. The molecule has 260 valence electrons. The normalized spacial score (nSPS) is 16.2. The summed E-state index contributed by atoms with van der Waals surface area (Å²) >= 11 is 6.46. The number of para-hydroxylation sites is 1. The molecule has 5 aromatic rings. The van der Waals surface area contributed by atoms with E-state index >= 15 is 0 Å². The first kappa shape index (κ1) is 34.9. The largest absolute Gasteiger partial charge is 0.351 e. The van der Waals surface area contributed by atoms with E-state index in [4.69, 9.17) is 11.6 Å². The molecule has 2 aromatic heterocycles. The summed E-state index contributed by atoms with van der Waals surface area (Å²) in [5, 5.41) is 13.6. The Balaban J connectivity index is 1.15. The topological polar surface area (TPSA) is 134 Å². The van der Waals surface area contributed by atoms with E-state index in [0.29, 0.717) is 24.0 Å². The number of nitrogens with zero attached hydrogens (tertiary/aromatic N) is 5. The average molecular weight is 713 g/mol. The maximum Gasteiger partial charge on any atom is 0.322 e. The third-order valence-electron chi connectivity index (χ3n) is 8.90. The van der Waals surface area contributed by atoms with Gasteiger partial charge in [0.2, 0.25) is 5.95 Å². The van der Waals surface area contributed by atoms with Crippen molar-refractivity contribution in [3.05, 3.63) is 108 Å². The molecule has 0 aliphatic heterocycles. The van der Waals surface area contributed by atoms with Crippen molar-refractivity contribution in [2.45, 2.75) is 68.3 Å². The van der Waals surface area contributed by atoms with E-state index in [1.165, 1.54) is 6.20 Å². The Morgan fingerprint density at radius 2 is 1.64 bits per heavy atom. The van der Waals surface area contributed by atoms with Gasteiger partial charge in [0.05, 0.1) is 28.2 Å². The van der Waals surface area contributed by atoms with Gasteiger partial charge in [0.15, 0.2) is 15.7 Å². The van der Waals surface area contributed by atoms with Gasteiger partial charge in [-0.1, -0.05) is 66.2 Å². The van der Waals surface area contributed by atoms with Crippen LogP contribution in [-0.4, -0.2) is 51.5 Å². The minimum Gasteiger partial charge on any atom is -0.351 e. The molecule has 1 aliphatic carbocycles. The van der Waals surface area contributed by atoms with Gasteiger partial charge < -0.3 is 16.0 Å². The van der Waals surface area contributed by atoms with Crippen LogP contribution in [0.2, 0.25) is 5.02 Å². The van der Waals surface area contributed by atoms with Gasteiger partial charge in [-0.05, 0) is 74.9 Å². The number of hydrogen-bond donors (Lipinski definition) is 3. The molecular weight excluding hydrogens is 672 g/mol. The Bertz CT molecular complexity index is 2030. The highest BCUT2D eigenvalue weighted by atomic mass is 35.5. The van der Waals surface area contributed by atoms with Crippen molar-refractivity contribution >= 4 is 50.6 Å². The Morgan fingerprint density at radius 3 is 2.32 bits per heavy atom. The summed E-state index contributed by atoms with van der Waals surface area (Å²) < 4.78 is 27.8. The lowest BCUT2D eigenvalue weighted by Crippen LogP contribution is -2.48. The molecule has 0 atom stereocenters. The van der Waals surface area contributed by atoms with Crippen LogP contribution in [0, 0.1) is 0 Å². The highest BCUT2D eigenvalue weighted by molar-refractivity contribution is 7.92. The number of hydrogen-bond acceptors (Lipinski definition) is 8. The fourth-order valence-electron chi connectivity index (χ4n) is 6.12. The van der Waals surface area contributed by atoms with Crippen molar-refractivity contribution in [2.75, 3.05) is 15.5 Å². The maximum absolute atomic E-state index is 13.8. The van der Waals surface area contributed by atoms with Gasteiger partial charge in [-0.2, -0.15) is 10.1 Å². The lowest BCUT2D eigenvalue weighted by Gasteiger charge is -2.37. The second kappa shape index (κ2) is 15.3. The second-order valence-corrected chi connectivity index (χ2v) is 15.6. The summed E-state index contributed by atoms with van der Waals surface area (Å²) in [6.45, 7) is 3.73. The predicted molar refractivity (Wildman–Crippen MR) is 199 cm³/mol. The number of carbonyl (C=O) groups is 1. The van der Waals surface area contributed by atoms with Crippen molar-refractivity contribution in [2.24, 2.45) is 7.05 Å². The number of anilines is 4. The number of rotatable bonds is 11. The van der Waals surface area contributed by atoms with Gasteiger partial charge in [-0.3, -0.25) is 9.58 Å². The molecule has 1 saturated carbocycles. The highest BCUT2D eigenvalue weighted by Gasteiger charge is 2.31. The van der Waals surface area contributed by atoms with Crippen LogP contribution in [0.1, 0.15) is 45.1 Å². The van der Waals surface area contributed by atoms with Crippen molar-refractivity contribution in [3.63, 3.8) is 0 Å². The molecule has 1 aliphatic rings. The van der Waals surface area contributed by atoms with Crippen molar-refractivity contribution in [1.82, 2.24) is 25.1 Å². The van der Waals surface area contributed by atoms with Crippen LogP contribution < -0.4 is 20.9 Å². The van der Waals surface area contributed by atoms with E-state index in [1.54, 1.807) is 42.8 Å². The van der Waals surface area contributed by atoms with Crippen molar-refractivity contribution in [3.8, 4) is 11.1 Å². The lowest BCUT2D eigenvalue weighted by atomic mass is 9.90. The van der Waals surface area contributed by atoms with Crippen molar-refractivity contribution in [1.29, 1.82) is 0 Å². The zero-order chi connectivity index (χ0) is 35.3. The van der Waals surface area contributed by atoms with Crippen LogP contribution in [0.4, 0.5) is 27.9 Å². The van der Waals surface area contributed by atoms with Gasteiger partial charge in [-0.15, -0.1) is 0 Å². The fourth-order valence-corrected chi connectivity index (χ4v) is 7.46. The lowest BCUT2D eigenvalue weighted by molar-refractivity contribution is 0.240. The zero-order valence-corrected chi connectivity index (χ0v) is 29.8. The molecule has 2 heterocycles. The highest BCUT2D eigenvalue weighted by Crippen LogP contribution is 2.33. The minimum absolute atomic E-state index is 0.0177. The number of nitrogens with one attached hydrogen (secondary N) is 3. The van der Waals surface area contributed by atoms with Crippen LogP contribution in [-0.2, 0) is 23.4 Å². The number of halogens is 1. The van der Waals surface area contributed by atoms with Crippen molar-refractivity contribution < 1.29 is 13.2 Å². The second-order valence-electron chi connectivity index (χ2n) is 12.7. The maximum atomic E-state index is 13.8. The monoisotopic (exact) mass is 712 g/mol. The molecule has 2 amide bonds. The Kier molecular flexibility index (Phi) is 10.7. The Morgan fingerprint density at radius 1 is 0.940 bits per heavy atom. The van der Waals surface area contributed by atoms with E-state index in [-0.39, 0.29) is 28.0 Å². The quantitative estimate of drug-likeness (QED) is 0.128. The van der Waals surface area contributed by atoms with Gasteiger partial charge in [0.25, 0.3) is 0 Å². The average Bonchev–Trinajstić information content (AvgIpc) is 3.56. The molecule has 6 rings (SSSR count). The number of aryl methyl sites for hydroxylation is 1. The number of aromatic nitrogens is 4. The van der Waals surface area contributed by atoms with Gasteiger partial charge in [-0.25, -0.2) is 18.2 Å². The zero-order valence-electron chi connectivity index (χ0n) is 28.3. The summed E-state index contributed by atoms with van der Waals surface area (Å²) in [6, 6.07) is 24.5. The van der Waals surface area contributed by atoms with E-state index in [0.717, 1.165) is 48.1 Å². The number of benzene rings is 3. The molecule has 0 saturated heterocycles. The van der Waals surface area contributed by atoms with Gasteiger partial charge >= 0.3 is 6.03 Å². The van der Waals surface area contributed by atoms with E-state index in [2.05, 4.69) is 31.0 Å². The van der Waals surface area contributed by atoms with E-state index in [1.807, 2.05) is 78.9 Å². The number of amides is 2. The molecule has 1 fully saturated rings. The Hall–Kier alpha value is -4.94. The third-order valence-corrected chi connectivity index (χ3v) is 11.4. The molecule has 0 radical (unpaired) electrons. The summed E-state index contributed by atoms with van der Waals surface area (Å²) in [7, 11) is -1.66. The van der Waals surface area contributed by atoms with E-state index < -0.39 is 15.1 Å². The number of urea groups is 1. The number of carbonyl (C=O) groups excluding carboxylic acids is 1. The summed E-state index contributed by atoms with van der Waals surface area (Å²) in [4.78, 5) is 24.9. The van der Waals surface area contributed by atoms with Crippen LogP contribution in [0.5, 0.6) is 0 Å². The molecular formula is C37H41ClN8O3S. The summed E-state index contributed by atoms with van der Waals surface area (Å²) in [5.41, 5.74) is 4.30. The fraction of sp³-hybridized carbons (Fsp3) is 0.297. The van der Waals surface area contributed by atoms with Crippen LogP contribution in [0.3, 0.4) is 0 Å². The first-order valence-corrected chi connectivity index (χ1v) is 18.6. The third kappa shape index (κ3) is 8.09. The first-order valence-electron chi connectivity index (χ1n) is 16.7. The smallest absolute Gasteiger partial charge is 0.322 e. The van der Waals surface area contributed by atoms with Crippen LogP contribution >= 0.6 is 11.6 Å². The molecule has 0 spiro atoms.